The van der Waals surface area contributed by atoms with Gasteiger partial charge in [-0.3, -0.25) is 9.59 Å². The number of halogens is 3. The van der Waals surface area contributed by atoms with Crippen LogP contribution in [-0.4, -0.2) is 55.3 Å². The fraction of sp³-hybridized carbons (Fsp3) is 0.500. The van der Waals surface area contributed by atoms with Gasteiger partial charge in [0.05, 0.1) is 5.92 Å². The molecule has 1 saturated heterocycles. The van der Waals surface area contributed by atoms with Crippen molar-refractivity contribution in [1.29, 1.82) is 0 Å². The SMILES string of the molecule is CN(C)CCN1C[C@@H](C(=O)NCc2cc(F)c(F)cc2F)CC1=O. The van der Waals surface area contributed by atoms with E-state index in [-0.39, 0.29) is 24.4 Å². The zero-order valence-corrected chi connectivity index (χ0v) is 13.6. The van der Waals surface area contributed by atoms with Gasteiger partial charge in [0.15, 0.2) is 11.6 Å². The second-order valence-electron chi connectivity index (χ2n) is 6.12. The topological polar surface area (TPSA) is 52.6 Å². The highest BCUT2D eigenvalue weighted by Crippen LogP contribution is 2.18. The summed E-state index contributed by atoms with van der Waals surface area (Å²) in [6, 6.07) is 1.16. The lowest BCUT2D eigenvalue weighted by Gasteiger charge is -2.19. The average molecular weight is 343 g/mol. The summed E-state index contributed by atoms with van der Waals surface area (Å²) in [4.78, 5) is 27.6. The Bertz CT molecular complexity index is 637. The quantitative estimate of drug-likeness (QED) is 0.788. The Morgan fingerprint density at radius 2 is 1.92 bits per heavy atom. The van der Waals surface area contributed by atoms with Gasteiger partial charge in [-0.1, -0.05) is 0 Å². The molecule has 1 aromatic rings. The molecule has 1 aromatic carbocycles. The summed E-state index contributed by atoms with van der Waals surface area (Å²) >= 11 is 0. The van der Waals surface area contributed by atoms with Crippen molar-refractivity contribution in [2.75, 3.05) is 33.7 Å². The highest BCUT2D eigenvalue weighted by atomic mass is 19.2. The number of hydrogen-bond donors (Lipinski definition) is 1. The van der Waals surface area contributed by atoms with E-state index in [0.717, 1.165) is 0 Å². The summed E-state index contributed by atoms with van der Waals surface area (Å²) < 4.78 is 39.5. The van der Waals surface area contributed by atoms with E-state index < -0.39 is 29.3 Å². The van der Waals surface area contributed by atoms with Crippen molar-refractivity contribution >= 4 is 11.8 Å². The lowest BCUT2D eigenvalue weighted by molar-refractivity contribution is -0.129. The molecule has 1 aliphatic heterocycles. The van der Waals surface area contributed by atoms with Crippen LogP contribution in [0, 0.1) is 23.4 Å². The number of carbonyl (C=O) groups is 2. The number of amides is 2. The summed E-state index contributed by atoms with van der Waals surface area (Å²) in [5.74, 6) is -4.40. The molecular weight excluding hydrogens is 323 g/mol. The smallest absolute Gasteiger partial charge is 0.225 e. The first kappa shape index (κ1) is 18.3. The molecule has 1 atom stereocenters. The number of hydrogen-bond acceptors (Lipinski definition) is 3. The molecule has 0 spiro atoms. The Hall–Kier alpha value is -2.09. The normalized spacial score (nSPS) is 17.7. The minimum Gasteiger partial charge on any atom is -0.352 e. The van der Waals surface area contributed by atoms with Gasteiger partial charge in [-0.25, -0.2) is 13.2 Å². The largest absolute Gasteiger partial charge is 0.352 e. The van der Waals surface area contributed by atoms with E-state index >= 15 is 0 Å². The van der Waals surface area contributed by atoms with Crippen LogP contribution in [0.5, 0.6) is 0 Å². The fourth-order valence-electron chi connectivity index (χ4n) is 2.51. The second-order valence-corrected chi connectivity index (χ2v) is 6.12. The zero-order valence-electron chi connectivity index (χ0n) is 13.6. The molecule has 0 aliphatic carbocycles. The van der Waals surface area contributed by atoms with Crippen LogP contribution in [0.2, 0.25) is 0 Å². The van der Waals surface area contributed by atoms with Gasteiger partial charge in [0.2, 0.25) is 11.8 Å². The van der Waals surface area contributed by atoms with Gasteiger partial charge in [-0.15, -0.1) is 0 Å². The number of benzene rings is 1. The second kappa shape index (κ2) is 7.65. The van der Waals surface area contributed by atoms with Crippen molar-refractivity contribution in [1.82, 2.24) is 15.1 Å². The molecule has 0 bridgehead atoms. The minimum atomic E-state index is -1.28. The monoisotopic (exact) mass is 343 g/mol. The summed E-state index contributed by atoms with van der Waals surface area (Å²) in [6.45, 7) is 1.27. The van der Waals surface area contributed by atoms with Crippen LogP contribution in [0.4, 0.5) is 13.2 Å². The Morgan fingerprint density at radius 1 is 1.25 bits per heavy atom. The molecule has 1 fully saturated rings. The van der Waals surface area contributed by atoms with Crippen molar-refractivity contribution in [2.45, 2.75) is 13.0 Å². The van der Waals surface area contributed by atoms with E-state index in [1.807, 2.05) is 19.0 Å². The molecule has 1 N–H and O–H groups in total. The predicted molar refractivity (Wildman–Crippen MR) is 81.4 cm³/mol. The Kier molecular flexibility index (Phi) is 5.82. The predicted octanol–water partition coefficient (Wildman–Crippen LogP) is 1.13. The average Bonchev–Trinajstić information content (AvgIpc) is 2.88. The summed E-state index contributed by atoms with van der Waals surface area (Å²) in [5.41, 5.74) is -0.143. The third kappa shape index (κ3) is 4.47. The van der Waals surface area contributed by atoms with Crippen LogP contribution in [0.15, 0.2) is 12.1 Å². The maximum absolute atomic E-state index is 13.5. The Balaban J connectivity index is 1.89. The lowest BCUT2D eigenvalue weighted by atomic mass is 10.1. The first-order valence-corrected chi connectivity index (χ1v) is 7.61. The highest BCUT2D eigenvalue weighted by Gasteiger charge is 2.33. The molecule has 2 rings (SSSR count). The fourth-order valence-corrected chi connectivity index (χ4v) is 2.51. The molecule has 5 nitrogen and oxygen atoms in total. The van der Waals surface area contributed by atoms with E-state index in [4.69, 9.17) is 0 Å². The molecule has 2 amide bonds. The van der Waals surface area contributed by atoms with Gasteiger partial charge < -0.3 is 15.1 Å². The zero-order chi connectivity index (χ0) is 17.9. The summed E-state index contributed by atoms with van der Waals surface area (Å²) in [5, 5.41) is 2.48. The van der Waals surface area contributed by atoms with Gasteiger partial charge in [0.25, 0.3) is 0 Å². The van der Waals surface area contributed by atoms with Crippen LogP contribution in [0.3, 0.4) is 0 Å². The highest BCUT2D eigenvalue weighted by molar-refractivity contribution is 5.89. The molecule has 0 aromatic heterocycles. The van der Waals surface area contributed by atoms with Gasteiger partial charge in [0.1, 0.15) is 5.82 Å². The van der Waals surface area contributed by atoms with Crippen LogP contribution >= 0.6 is 0 Å². The molecule has 0 saturated carbocycles. The van der Waals surface area contributed by atoms with Gasteiger partial charge in [0, 0.05) is 44.2 Å². The van der Waals surface area contributed by atoms with Gasteiger partial charge in [-0.2, -0.15) is 0 Å². The van der Waals surface area contributed by atoms with Crippen molar-refractivity contribution in [3.05, 3.63) is 35.1 Å². The Morgan fingerprint density at radius 3 is 2.58 bits per heavy atom. The van der Waals surface area contributed by atoms with E-state index in [1.54, 1.807) is 4.90 Å². The van der Waals surface area contributed by atoms with Crippen LogP contribution in [0.25, 0.3) is 0 Å². The van der Waals surface area contributed by atoms with Crippen LogP contribution < -0.4 is 5.32 Å². The molecule has 24 heavy (non-hydrogen) atoms. The standard InChI is InChI=1S/C16H20F3N3O2/c1-21(2)3-4-22-9-11(6-15(22)23)16(24)20-8-10-5-13(18)14(19)7-12(10)17/h5,7,11H,3-4,6,8-9H2,1-2H3,(H,20,24)/t11-/m0/s1. The van der Waals surface area contributed by atoms with Crippen molar-refractivity contribution in [3.8, 4) is 0 Å². The van der Waals surface area contributed by atoms with E-state index in [2.05, 4.69) is 5.32 Å². The molecule has 8 heteroatoms. The molecule has 1 aliphatic rings. The van der Waals surface area contributed by atoms with Crippen molar-refractivity contribution in [3.63, 3.8) is 0 Å². The lowest BCUT2D eigenvalue weighted by Crippen LogP contribution is -2.35. The van der Waals surface area contributed by atoms with Crippen LogP contribution in [0.1, 0.15) is 12.0 Å². The molecule has 132 valence electrons. The number of nitrogens with one attached hydrogen (secondary N) is 1. The van der Waals surface area contributed by atoms with Crippen molar-refractivity contribution < 1.29 is 22.8 Å². The van der Waals surface area contributed by atoms with E-state index in [0.29, 0.717) is 31.8 Å². The number of carbonyl (C=O) groups excluding carboxylic acids is 2. The summed E-state index contributed by atoms with van der Waals surface area (Å²) in [7, 11) is 3.78. The molecule has 0 unspecified atom stereocenters. The number of nitrogens with zero attached hydrogens (tertiary/aromatic N) is 2. The third-order valence-corrected chi connectivity index (χ3v) is 3.94. The summed E-state index contributed by atoms with van der Waals surface area (Å²) in [6.07, 6.45) is 0.0967. The van der Waals surface area contributed by atoms with E-state index in [1.165, 1.54) is 0 Å². The first-order chi connectivity index (χ1) is 11.3. The maximum Gasteiger partial charge on any atom is 0.225 e. The van der Waals surface area contributed by atoms with Crippen LogP contribution in [-0.2, 0) is 16.1 Å². The molecule has 1 heterocycles. The number of likely N-dealkylation sites (tertiary alicyclic amines) is 1. The molecular formula is C16H20F3N3O2. The van der Waals surface area contributed by atoms with Gasteiger partial charge >= 0.3 is 0 Å². The first-order valence-electron chi connectivity index (χ1n) is 7.61. The number of rotatable bonds is 6. The third-order valence-electron chi connectivity index (χ3n) is 3.94. The van der Waals surface area contributed by atoms with Crippen molar-refractivity contribution in [2.24, 2.45) is 5.92 Å². The minimum absolute atomic E-state index is 0.0967. The number of likely N-dealkylation sites (N-methyl/N-ethyl adjacent to an activating group) is 1. The maximum atomic E-state index is 13.5. The Labute approximate surface area is 138 Å². The van der Waals surface area contributed by atoms with Gasteiger partial charge in [-0.05, 0) is 20.2 Å². The molecule has 0 radical (unpaired) electrons. The van der Waals surface area contributed by atoms with E-state index in [9.17, 15) is 22.8 Å².